The Hall–Kier alpha value is -2.29. The second-order valence-corrected chi connectivity index (χ2v) is 6.85. The van der Waals surface area contributed by atoms with Crippen molar-refractivity contribution in [3.05, 3.63) is 60.2 Å². The van der Waals surface area contributed by atoms with E-state index in [1.165, 1.54) is 0 Å². The number of hydrogen-bond donors (Lipinski definition) is 3. The number of nitrogens with zero attached hydrogens (tertiary/aromatic N) is 2. The summed E-state index contributed by atoms with van der Waals surface area (Å²) in [6.07, 6.45) is 0.772. The molecule has 1 aromatic heterocycles. The minimum Gasteiger partial charge on any atom is -0.494 e. The van der Waals surface area contributed by atoms with Gasteiger partial charge in [0.15, 0.2) is 0 Å². The predicted octanol–water partition coefficient (Wildman–Crippen LogP) is 2.02. The summed E-state index contributed by atoms with van der Waals surface area (Å²) < 4.78 is 6.05. The number of H-pyrrole nitrogens is 1. The lowest BCUT2D eigenvalue weighted by Crippen LogP contribution is -2.34. The zero-order valence-electron chi connectivity index (χ0n) is 14.5. The van der Waals surface area contributed by atoms with Crippen molar-refractivity contribution in [1.29, 1.82) is 0 Å². The lowest BCUT2D eigenvalue weighted by atomic mass is 10.00. The van der Waals surface area contributed by atoms with Gasteiger partial charge in [0.1, 0.15) is 5.56 Å². The van der Waals surface area contributed by atoms with E-state index in [0.29, 0.717) is 34.3 Å². The number of halogens is 2. The molecule has 1 unspecified atom stereocenters. The highest BCUT2D eigenvalue weighted by Crippen LogP contribution is 2.35. The van der Waals surface area contributed by atoms with E-state index in [1.807, 2.05) is 0 Å². The number of aromatic hydroxyl groups is 1. The van der Waals surface area contributed by atoms with Gasteiger partial charge in [-0.05, 0) is 18.6 Å². The Labute approximate surface area is 164 Å². The molecule has 0 amide bonds. The van der Waals surface area contributed by atoms with Crippen molar-refractivity contribution in [1.82, 2.24) is 15.0 Å². The Morgan fingerprint density at radius 3 is 2.70 bits per heavy atom. The molecule has 1 aromatic carbocycles. The van der Waals surface area contributed by atoms with Crippen LogP contribution in [0.1, 0.15) is 30.0 Å². The number of hydrazone groups is 1. The minimum atomic E-state index is -0.702. The summed E-state index contributed by atoms with van der Waals surface area (Å²) in [7, 11) is 1.54. The van der Waals surface area contributed by atoms with Crippen molar-refractivity contribution in [2.75, 3.05) is 13.7 Å². The highest BCUT2D eigenvalue weighted by atomic mass is 35.5. The third-order valence-electron chi connectivity index (χ3n) is 4.29. The molecule has 3 N–H and O–H groups in total. The Morgan fingerprint density at radius 2 is 2.04 bits per heavy atom. The van der Waals surface area contributed by atoms with E-state index >= 15 is 0 Å². The maximum Gasteiger partial charge on any atom is 0.331 e. The SMILES string of the molecule is COCCCn1c(O)c(C2=NNC(c3c(Cl)cccc3Cl)C2)c(=O)[nH]c1=O. The number of ether oxygens (including phenoxy) is 1. The van der Waals surface area contributed by atoms with Crippen LogP contribution in [0.5, 0.6) is 5.88 Å². The zero-order chi connectivity index (χ0) is 19.6. The number of aromatic nitrogens is 2. The summed E-state index contributed by atoms with van der Waals surface area (Å²) in [6.45, 7) is 0.610. The molecule has 0 bridgehead atoms. The van der Waals surface area contributed by atoms with Gasteiger partial charge >= 0.3 is 5.69 Å². The molecule has 144 valence electrons. The normalized spacial score (nSPS) is 16.3. The van der Waals surface area contributed by atoms with E-state index in [9.17, 15) is 14.7 Å². The lowest BCUT2D eigenvalue weighted by molar-refractivity contribution is 0.188. The van der Waals surface area contributed by atoms with Crippen LogP contribution in [0, 0.1) is 0 Å². The summed E-state index contributed by atoms with van der Waals surface area (Å²) in [5.41, 5.74) is 2.42. The van der Waals surface area contributed by atoms with Crippen LogP contribution in [-0.4, -0.2) is 34.1 Å². The molecule has 0 saturated heterocycles. The van der Waals surface area contributed by atoms with Gasteiger partial charge in [-0.2, -0.15) is 5.10 Å². The number of methoxy groups -OCH3 is 1. The van der Waals surface area contributed by atoms with Gasteiger partial charge in [-0.3, -0.25) is 14.3 Å². The Bertz CT molecular complexity index is 979. The van der Waals surface area contributed by atoms with Crippen molar-refractivity contribution in [3.63, 3.8) is 0 Å². The maximum atomic E-state index is 12.3. The van der Waals surface area contributed by atoms with Gasteiger partial charge in [0.25, 0.3) is 5.56 Å². The molecule has 0 fully saturated rings. The van der Waals surface area contributed by atoms with Gasteiger partial charge in [-0.25, -0.2) is 4.79 Å². The van der Waals surface area contributed by atoms with Crippen LogP contribution < -0.4 is 16.7 Å². The molecule has 2 heterocycles. The first-order chi connectivity index (χ1) is 12.9. The highest BCUT2D eigenvalue weighted by Gasteiger charge is 2.29. The van der Waals surface area contributed by atoms with Crippen molar-refractivity contribution < 1.29 is 9.84 Å². The van der Waals surface area contributed by atoms with Crippen LogP contribution in [0.25, 0.3) is 0 Å². The Balaban J connectivity index is 1.92. The Morgan fingerprint density at radius 1 is 1.33 bits per heavy atom. The monoisotopic (exact) mass is 412 g/mol. The first-order valence-electron chi connectivity index (χ1n) is 8.25. The summed E-state index contributed by atoms with van der Waals surface area (Å²) >= 11 is 12.5. The van der Waals surface area contributed by atoms with Gasteiger partial charge in [0.05, 0.1) is 11.8 Å². The van der Waals surface area contributed by atoms with E-state index < -0.39 is 17.1 Å². The largest absolute Gasteiger partial charge is 0.494 e. The molecule has 0 radical (unpaired) electrons. The van der Waals surface area contributed by atoms with Crippen LogP contribution in [0.2, 0.25) is 10.0 Å². The van der Waals surface area contributed by atoms with Gasteiger partial charge in [0, 0.05) is 42.3 Å². The third kappa shape index (κ3) is 3.87. The standard InChI is InChI=1S/C17H18Cl2N4O4/c1-27-7-3-6-23-16(25)14(15(24)20-17(23)26)12-8-11(21-22-12)13-9(18)4-2-5-10(13)19/h2,4-5,11,21,25H,3,6-8H2,1H3,(H,20,24,26). The smallest absolute Gasteiger partial charge is 0.331 e. The van der Waals surface area contributed by atoms with E-state index in [4.69, 9.17) is 27.9 Å². The molecular formula is C17H18Cl2N4O4. The van der Waals surface area contributed by atoms with Crippen molar-refractivity contribution in [3.8, 4) is 5.88 Å². The van der Waals surface area contributed by atoms with Crippen molar-refractivity contribution in [2.45, 2.75) is 25.4 Å². The first kappa shape index (κ1) is 19.5. The van der Waals surface area contributed by atoms with Crippen LogP contribution >= 0.6 is 23.2 Å². The number of nitrogens with one attached hydrogen (secondary N) is 2. The second-order valence-electron chi connectivity index (χ2n) is 6.04. The molecule has 3 rings (SSSR count). The summed E-state index contributed by atoms with van der Waals surface area (Å²) in [5.74, 6) is -0.425. The lowest BCUT2D eigenvalue weighted by Gasteiger charge is -2.14. The van der Waals surface area contributed by atoms with Gasteiger partial charge in [-0.1, -0.05) is 29.3 Å². The molecular weight excluding hydrogens is 395 g/mol. The molecule has 0 saturated carbocycles. The van der Waals surface area contributed by atoms with Crippen LogP contribution in [-0.2, 0) is 11.3 Å². The van der Waals surface area contributed by atoms with E-state index in [0.717, 1.165) is 4.57 Å². The number of rotatable bonds is 6. The van der Waals surface area contributed by atoms with Gasteiger partial charge in [0.2, 0.25) is 5.88 Å². The average Bonchev–Trinajstić information content (AvgIpc) is 3.06. The molecule has 27 heavy (non-hydrogen) atoms. The van der Waals surface area contributed by atoms with E-state index in [-0.39, 0.29) is 24.6 Å². The van der Waals surface area contributed by atoms with Crippen molar-refractivity contribution in [2.24, 2.45) is 5.10 Å². The second kappa shape index (κ2) is 8.16. The molecule has 1 atom stereocenters. The van der Waals surface area contributed by atoms with Gasteiger partial charge in [-0.15, -0.1) is 0 Å². The van der Waals surface area contributed by atoms with Crippen LogP contribution in [0.15, 0.2) is 32.9 Å². The quantitative estimate of drug-likeness (QED) is 0.628. The van der Waals surface area contributed by atoms with E-state index in [1.54, 1.807) is 25.3 Å². The fourth-order valence-electron chi connectivity index (χ4n) is 3.00. The number of aromatic amines is 1. The molecule has 0 spiro atoms. The van der Waals surface area contributed by atoms with Gasteiger partial charge < -0.3 is 15.3 Å². The zero-order valence-corrected chi connectivity index (χ0v) is 16.0. The maximum absolute atomic E-state index is 12.3. The minimum absolute atomic E-state index is 0.0507. The Kier molecular flexibility index (Phi) is 5.88. The fraction of sp³-hybridized carbons (Fsp3) is 0.353. The summed E-state index contributed by atoms with van der Waals surface area (Å²) in [4.78, 5) is 26.5. The predicted molar refractivity (Wildman–Crippen MR) is 103 cm³/mol. The van der Waals surface area contributed by atoms with Crippen LogP contribution in [0.3, 0.4) is 0 Å². The molecule has 1 aliphatic rings. The molecule has 2 aromatic rings. The fourth-order valence-corrected chi connectivity index (χ4v) is 3.66. The van der Waals surface area contributed by atoms with Crippen molar-refractivity contribution >= 4 is 28.9 Å². The number of benzene rings is 1. The molecule has 1 aliphatic heterocycles. The summed E-state index contributed by atoms with van der Waals surface area (Å²) in [5, 5.41) is 15.6. The summed E-state index contributed by atoms with van der Waals surface area (Å²) in [6, 6.07) is 4.80. The topological polar surface area (TPSA) is 109 Å². The first-order valence-corrected chi connectivity index (χ1v) is 9.01. The molecule has 10 heteroatoms. The van der Waals surface area contributed by atoms with E-state index in [2.05, 4.69) is 15.5 Å². The van der Waals surface area contributed by atoms with Crippen LogP contribution in [0.4, 0.5) is 0 Å². The average molecular weight is 413 g/mol. The highest BCUT2D eigenvalue weighted by molar-refractivity contribution is 6.36. The molecule has 8 nitrogen and oxygen atoms in total. The third-order valence-corrected chi connectivity index (χ3v) is 4.95. The number of hydrogen-bond acceptors (Lipinski definition) is 6. The molecule has 0 aliphatic carbocycles.